The monoisotopic (exact) mass is 361 g/mol. The third kappa shape index (κ3) is 10.7. The van der Waals surface area contributed by atoms with Crippen LogP contribution in [0.2, 0.25) is 0 Å². The standard InChI is InChI=1S/C18H19N.2C4H8/c1-14(2)15(3)19-18(16-10-6-4-7-11-16)17-12-8-5-9-13-17;2*1-3-4-2/h4-13,18-19H,1,3H2,2H3;2*3-4H,1-2H3/b;2*4-3-. The molecule has 0 amide bonds. The highest BCUT2D eigenvalue weighted by Crippen LogP contribution is 2.23. The van der Waals surface area contributed by atoms with E-state index < -0.39 is 0 Å². The van der Waals surface area contributed by atoms with Crippen LogP contribution in [0.1, 0.15) is 51.8 Å². The van der Waals surface area contributed by atoms with Crippen molar-refractivity contribution in [2.24, 2.45) is 0 Å². The van der Waals surface area contributed by atoms with Gasteiger partial charge < -0.3 is 5.32 Å². The van der Waals surface area contributed by atoms with E-state index in [0.29, 0.717) is 0 Å². The van der Waals surface area contributed by atoms with Crippen molar-refractivity contribution in [1.82, 2.24) is 5.32 Å². The van der Waals surface area contributed by atoms with Crippen molar-refractivity contribution in [3.05, 3.63) is 121 Å². The van der Waals surface area contributed by atoms with Gasteiger partial charge in [-0.05, 0) is 51.3 Å². The Balaban J connectivity index is 0.000000718. The average molecular weight is 362 g/mol. The second-order valence-corrected chi connectivity index (χ2v) is 5.99. The molecule has 1 nitrogen and oxygen atoms in total. The van der Waals surface area contributed by atoms with Gasteiger partial charge in [0.25, 0.3) is 0 Å². The Labute approximate surface area is 166 Å². The summed E-state index contributed by atoms with van der Waals surface area (Å²) in [6.45, 7) is 17.9. The van der Waals surface area contributed by atoms with Crippen molar-refractivity contribution < 1.29 is 0 Å². The van der Waals surface area contributed by atoms with Crippen molar-refractivity contribution in [1.29, 1.82) is 0 Å². The first-order valence-corrected chi connectivity index (χ1v) is 9.37. The fraction of sp³-hybridized carbons (Fsp3) is 0.231. The summed E-state index contributed by atoms with van der Waals surface area (Å²) in [5.74, 6) is 0. The summed E-state index contributed by atoms with van der Waals surface area (Å²) in [5.41, 5.74) is 4.27. The maximum Gasteiger partial charge on any atom is 0.0767 e. The summed E-state index contributed by atoms with van der Waals surface area (Å²) in [7, 11) is 0. The van der Waals surface area contributed by atoms with Gasteiger partial charge in [-0.15, -0.1) is 0 Å². The first-order chi connectivity index (χ1) is 13.0. The molecule has 0 aliphatic rings. The molecule has 0 saturated carbocycles. The second kappa shape index (κ2) is 15.5. The molecule has 0 heterocycles. The van der Waals surface area contributed by atoms with Gasteiger partial charge in [0, 0.05) is 5.70 Å². The van der Waals surface area contributed by atoms with Crippen LogP contribution >= 0.6 is 0 Å². The molecule has 0 bridgehead atoms. The predicted octanol–water partition coefficient (Wildman–Crippen LogP) is 7.62. The topological polar surface area (TPSA) is 12.0 Å². The van der Waals surface area contributed by atoms with E-state index in [1.165, 1.54) is 11.1 Å². The molecule has 0 unspecified atom stereocenters. The maximum atomic E-state index is 4.03. The van der Waals surface area contributed by atoms with Crippen LogP contribution in [-0.4, -0.2) is 0 Å². The van der Waals surface area contributed by atoms with Crippen molar-refractivity contribution in [2.45, 2.75) is 40.7 Å². The number of nitrogens with one attached hydrogen (secondary N) is 1. The Bertz CT molecular complexity index is 636. The molecule has 0 fully saturated rings. The van der Waals surface area contributed by atoms with Crippen LogP contribution in [0.15, 0.2) is 109 Å². The Morgan fingerprint density at radius 1 is 0.704 bits per heavy atom. The van der Waals surface area contributed by atoms with Crippen LogP contribution in [0.5, 0.6) is 0 Å². The fourth-order valence-corrected chi connectivity index (χ4v) is 1.95. The van der Waals surface area contributed by atoms with E-state index in [9.17, 15) is 0 Å². The minimum Gasteiger partial charge on any atom is -0.374 e. The molecular formula is C26H35N. The summed E-state index contributed by atoms with van der Waals surface area (Å²) in [6.07, 6.45) is 8.00. The molecular weight excluding hydrogens is 326 g/mol. The lowest BCUT2D eigenvalue weighted by molar-refractivity contribution is 0.700. The molecule has 0 atom stereocenters. The Kier molecular flexibility index (Phi) is 13.9. The first kappa shape index (κ1) is 24.2. The van der Waals surface area contributed by atoms with Crippen LogP contribution in [0.3, 0.4) is 0 Å². The fourth-order valence-electron chi connectivity index (χ4n) is 1.95. The highest BCUT2D eigenvalue weighted by molar-refractivity contribution is 5.35. The van der Waals surface area contributed by atoms with Gasteiger partial charge in [-0.1, -0.05) is 98.1 Å². The molecule has 1 heteroatoms. The van der Waals surface area contributed by atoms with Gasteiger partial charge in [0.15, 0.2) is 0 Å². The predicted molar refractivity (Wildman–Crippen MR) is 123 cm³/mol. The zero-order chi connectivity index (χ0) is 20.5. The van der Waals surface area contributed by atoms with Crippen LogP contribution < -0.4 is 5.32 Å². The van der Waals surface area contributed by atoms with Gasteiger partial charge in [0.05, 0.1) is 6.04 Å². The van der Waals surface area contributed by atoms with E-state index in [1.807, 2.05) is 71.1 Å². The molecule has 144 valence electrons. The molecule has 0 aliphatic heterocycles. The lowest BCUT2D eigenvalue weighted by Crippen LogP contribution is -2.21. The number of hydrogen-bond acceptors (Lipinski definition) is 1. The van der Waals surface area contributed by atoms with Crippen molar-refractivity contribution in [2.75, 3.05) is 0 Å². The summed E-state index contributed by atoms with van der Waals surface area (Å²) >= 11 is 0. The third-order valence-electron chi connectivity index (χ3n) is 3.77. The van der Waals surface area contributed by atoms with E-state index in [-0.39, 0.29) is 6.04 Å². The zero-order valence-corrected chi connectivity index (χ0v) is 17.6. The van der Waals surface area contributed by atoms with E-state index in [4.69, 9.17) is 0 Å². The van der Waals surface area contributed by atoms with Crippen LogP contribution in [0.4, 0.5) is 0 Å². The SMILES string of the molecule is C/C=C\C.C/C=C\C.C=C(C)C(=C)NC(c1ccccc1)c1ccccc1. The van der Waals surface area contributed by atoms with Crippen molar-refractivity contribution in [3.63, 3.8) is 0 Å². The van der Waals surface area contributed by atoms with Crippen LogP contribution in [-0.2, 0) is 0 Å². The van der Waals surface area contributed by atoms with Gasteiger partial charge in [0.1, 0.15) is 0 Å². The van der Waals surface area contributed by atoms with E-state index in [2.05, 4.69) is 67.0 Å². The van der Waals surface area contributed by atoms with Crippen LogP contribution in [0.25, 0.3) is 0 Å². The number of rotatable bonds is 5. The number of hydrogen-bond donors (Lipinski definition) is 1. The van der Waals surface area contributed by atoms with Gasteiger partial charge >= 0.3 is 0 Å². The summed E-state index contributed by atoms with van der Waals surface area (Å²) in [6, 6.07) is 20.9. The third-order valence-corrected chi connectivity index (χ3v) is 3.77. The Hall–Kier alpha value is -2.80. The van der Waals surface area contributed by atoms with E-state index >= 15 is 0 Å². The molecule has 0 radical (unpaired) electrons. The average Bonchev–Trinajstić information content (AvgIpc) is 2.73. The van der Waals surface area contributed by atoms with E-state index in [1.54, 1.807) is 0 Å². The Morgan fingerprint density at radius 3 is 1.30 bits per heavy atom. The molecule has 1 N–H and O–H groups in total. The largest absolute Gasteiger partial charge is 0.374 e. The highest BCUT2D eigenvalue weighted by atomic mass is 14.9. The molecule has 0 aliphatic carbocycles. The minimum absolute atomic E-state index is 0.103. The zero-order valence-electron chi connectivity index (χ0n) is 17.6. The maximum absolute atomic E-state index is 4.03. The molecule has 0 spiro atoms. The molecule has 2 rings (SSSR count). The van der Waals surface area contributed by atoms with Crippen LogP contribution in [0, 0.1) is 0 Å². The molecule has 0 aromatic heterocycles. The summed E-state index contributed by atoms with van der Waals surface area (Å²) in [4.78, 5) is 0. The molecule has 27 heavy (non-hydrogen) atoms. The summed E-state index contributed by atoms with van der Waals surface area (Å²) < 4.78 is 0. The molecule has 0 saturated heterocycles. The summed E-state index contributed by atoms with van der Waals surface area (Å²) in [5, 5.41) is 3.46. The van der Waals surface area contributed by atoms with Gasteiger partial charge in [-0.25, -0.2) is 0 Å². The Morgan fingerprint density at radius 2 is 1.04 bits per heavy atom. The first-order valence-electron chi connectivity index (χ1n) is 9.37. The van der Waals surface area contributed by atoms with Crippen molar-refractivity contribution in [3.8, 4) is 0 Å². The van der Waals surface area contributed by atoms with Gasteiger partial charge in [-0.3, -0.25) is 0 Å². The quantitative estimate of drug-likeness (QED) is 0.426. The van der Waals surface area contributed by atoms with Gasteiger partial charge in [0.2, 0.25) is 0 Å². The lowest BCUT2D eigenvalue weighted by Gasteiger charge is -2.22. The lowest BCUT2D eigenvalue weighted by atomic mass is 9.98. The number of benzene rings is 2. The van der Waals surface area contributed by atoms with Gasteiger partial charge in [-0.2, -0.15) is 0 Å². The molecule has 2 aromatic rings. The normalized spacial score (nSPS) is 10.0. The number of allylic oxidation sites excluding steroid dienone is 5. The smallest absolute Gasteiger partial charge is 0.0767 e. The highest BCUT2D eigenvalue weighted by Gasteiger charge is 2.13. The van der Waals surface area contributed by atoms with Crippen molar-refractivity contribution >= 4 is 0 Å². The molecule has 2 aromatic carbocycles. The second-order valence-electron chi connectivity index (χ2n) is 5.99. The minimum atomic E-state index is 0.103. The van der Waals surface area contributed by atoms with E-state index in [0.717, 1.165) is 11.3 Å².